The third-order valence-electron chi connectivity index (χ3n) is 2.92. The molecule has 0 heterocycles. The van der Waals surface area contributed by atoms with Crippen molar-refractivity contribution in [2.24, 2.45) is 5.41 Å². The molecule has 0 aliphatic carbocycles. The fraction of sp³-hybridized carbons (Fsp3) is 0.571. The Morgan fingerprint density at radius 2 is 1.76 bits per heavy atom. The highest BCUT2D eigenvalue weighted by Crippen LogP contribution is 2.32. The van der Waals surface area contributed by atoms with Crippen molar-refractivity contribution in [1.29, 1.82) is 0 Å². The van der Waals surface area contributed by atoms with E-state index in [0.29, 0.717) is 12.2 Å². The third-order valence-corrected chi connectivity index (χ3v) is 2.92. The number of methoxy groups -OCH3 is 1. The molecular formula is C14H20F2O. The number of ether oxygens (including phenoxy) is 1. The molecule has 17 heavy (non-hydrogen) atoms. The van der Waals surface area contributed by atoms with Crippen LogP contribution in [-0.4, -0.2) is 7.11 Å². The molecule has 0 aromatic heterocycles. The van der Waals surface area contributed by atoms with Crippen LogP contribution < -0.4 is 4.74 Å². The Morgan fingerprint density at radius 1 is 1.18 bits per heavy atom. The highest BCUT2D eigenvalue weighted by molar-refractivity contribution is 5.35. The van der Waals surface area contributed by atoms with Crippen LogP contribution in [0.4, 0.5) is 8.78 Å². The first-order chi connectivity index (χ1) is 7.89. The van der Waals surface area contributed by atoms with Gasteiger partial charge in [-0.2, -0.15) is 0 Å². The van der Waals surface area contributed by atoms with Crippen molar-refractivity contribution in [3.8, 4) is 5.75 Å². The zero-order valence-corrected chi connectivity index (χ0v) is 10.9. The van der Waals surface area contributed by atoms with Gasteiger partial charge >= 0.3 is 0 Å². The average molecular weight is 242 g/mol. The number of hydrogen-bond donors (Lipinski definition) is 0. The van der Waals surface area contributed by atoms with Gasteiger partial charge in [-0.15, -0.1) is 0 Å². The molecule has 0 radical (unpaired) electrons. The SMILES string of the molecule is CCCC(C)(C)Cc1cc(F)c(F)cc1OC. The van der Waals surface area contributed by atoms with Gasteiger partial charge in [0.1, 0.15) is 5.75 Å². The summed E-state index contributed by atoms with van der Waals surface area (Å²) in [6, 6.07) is 2.36. The predicted octanol–water partition coefficient (Wildman–Crippen LogP) is 4.34. The molecule has 0 spiro atoms. The fourth-order valence-corrected chi connectivity index (χ4v) is 2.18. The van der Waals surface area contributed by atoms with E-state index in [2.05, 4.69) is 20.8 Å². The maximum absolute atomic E-state index is 13.2. The molecule has 1 aromatic carbocycles. The summed E-state index contributed by atoms with van der Waals surface area (Å²) in [5.74, 6) is -1.25. The molecule has 0 saturated carbocycles. The highest BCUT2D eigenvalue weighted by atomic mass is 19.2. The molecule has 0 aliphatic rings. The smallest absolute Gasteiger partial charge is 0.162 e. The molecule has 0 unspecified atom stereocenters. The van der Waals surface area contributed by atoms with Crippen LogP contribution in [0, 0.1) is 17.0 Å². The molecule has 1 rings (SSSR count). The lowest BCUT2D eigenvalue weighted by atomic mass is 9.81. The van der Waals surface area contributed by atoms with Crippen molar-refractivity contribution < 1.29 is 13.5 Å². The maximum atomic E-state index is 13.2. The minimum atomic E-state index is -0.862. The van der Waals surface area contributed by atoms with E-state index in [-0.39, 0.29) is 5.41 Å². The van der Waals surface area contributed by atoms with E-state index >= 15 is 0 Å². The normalized spacial score (nSPS) is 11.6. The summed E-state index contributed by atoms with van der Waals surface area (Å²) in [5, 5.41) is 0. The molecular weight excluding hydrogens is 222 g/mol. The van der Waals surface area contributed by atoms with Crippen LogP contribution in [-0.2, 0) is 6.42 Å². The zero-order chi connectivity index (χ0) is 13.1. The molecule has 0 aliphatic heterocycles. The minimum absolute atomic E-state index is 0.0618. The molecule has 96 valence electrons. The van der Waals surface area contributed by atoms with Crippen LogP contribution in [0.25, 0.3) is 0 Å². The lowest BCUT2D eigenvalue weighted by Crippen LogP contribution is -2.15. The molecule has 0 atom stereocenters. The molecule has 0 N–H and O–H groups in total. The summed E-state index contributed by atoms with van der Waals surface area (Å²) in [7, 11) is 1.48. The van der Waals surface area contributed by atoms with Crippen molar-refractivity contribution in [3.05, 3.63) is 29.3 Å². The van der Waals surface area contributed by atoms with E-state index < -0.39 is 11.6 Å². The summed E-state index contributed by atoms with van der Waals surface area (Å²) in [5.41, 5.74) is 0.789. The van der Waals surface area contributed by atoms with Gasteiger partial charge in [-0.3, -0.25) is 0 Å². The largest absolute Gasteiger partial charge is 0.496 e. The van der Waals surface area contributed by atoms with Crippen LogP contribution in [0.1, 0.15) is 39.2 Å². The number of benzene rings is 1. The maximum Gasteiger partial charge on any atom is 0.162 e. The fourth-order valence-electron chi connectivity index (χ4n) is 2.18. The molecule has 0 saturated heterocycles. The average Bonchev–Trinajstić information content (AvgIpc) is 2.22. The van der Waals surface area contributed by atoms with E-state index in [4.69, 9.17) is 4.74 Å². The summed E-state index contributed by atoms with van der Waals surface area (Å²) < 4.78 is 31.4. The summed E-state index contributed by atoms with van der Waals surface area (Å²) in [6.07, 6.45) is 2.79. The van der Waals surface area contributed by atoms with Crippen molar-refractivity contribution >= 4 is 0 Å². The zero-order valence-electron chi connectivity index (χ0n) is 10.9. The van der Waals surface area contributed by atoms with Crippen molar-refractivity contribution in [2.45, 2.75) is 40.0 Å². The lowest BCUT2D eigenvalue weighted by molar-refractivity contribution is 0.318. The monoisotopic (exact) mass is 242 g/mol. The van der Waals surface area contributed by atoms with E-state index in [9.17, 15) is 8.78 Å². The molecule has 3 heteroatoms. The van der Waals surface area contributed by atoms with Gasteiger partial charge in [0, 0.05) is 6.07 Å². The molecule has 0 amide bonds. The Morgan fingerprint density at radius 3 is 2.29 bits per heavy atom. The number of halogens is 2. The van der Waals surface area contributed by atoms with Crippen molar-refractivity contribution in [1.82, 2.24) is 0 Å². The summed E-state index contributed by atoms with van der Waals surface area (Å²) in [6.45, 7) is 6.36. The molecule has 1 aromatic rings. The molecule has 0 fully saturated rings. The Kier molecular flexibility index (Phi) is 4.49. The van der Waals surface area contributed by atoms with Gasteiger partial charge in [-0.1, -0.05) is 27.2 Å². The Balaban J connectivity index is 3.01. The van der Waals surface area contributed by atoms with Crippen LogP contribution in [0.2, 0.25) is 0 Å². The van der Waals surface area contributed by atoms with Gasteiger partial charge < -0.3 is 4.74 Å². The molecule has 1 nitrogen and oxygen atoms in total. The van der Waals surface area contributed by atoms with Gasteiger partial charge in [-0.05, 0) is 29.9 Å². The van der Waals surface area contributed by atoms with Crippen LogP contribution >= 0.6 is 0 Å². The van der Waals surface area contributed by atoms with Gasteiger partial charge in [-0.25, -0.2) is 8.78 Å². The van der Waals surface area contributed by atoms with Gasteiger partial charge in [0.05, 0.1) is 7.11 Å². The Bertz CT molecular complexity index is 386. The first kappa shape index (κ1) is 13.9. The quantitative estimate of drug-likeness (QED) is 0.746. The Hall–Kier alpha value is -1.12. The van der Waals surface area contributed by atoms with Gasteiger partial charge in [0.15, 0.2) is 11.6 Å². The van der Waals surface area contributed by atoms with Gasteiger partial charge in [0.25, 0.3) is 0 Å². The topological polar surface area (TPSA) is 9.23 Å². The molecule has 0 bridgehead atoms. The summed E-state index contributed by atoms with van der Waals surface area (Å²) >= 11 is 0. The lowest BCUT2D eigenvalue weighted by Gasteiger charge is -2.25. The standard InChI is InChI=1S/C14H20F2O/c1-5-6-14(2,3)9-10-7-11(15)12(16)8-13(10)17-4/h7-8H,5-6,9H2,1-4H3. The van der Waals surface area contributed by atoms with Crippen molar-refractivity contribution in [2.75, 3.05) is 7.11 Å². The first-order valence-corrected chi connectivity index (χ1v) is 5.91. The van der Waals surface area contributed by atoms with Crippen LogP contribution in [0.3, 0.4) is 0 Å². The minimum Gasteiger partial charge on any atom is -0.496 e. The van der Waals surface area contributed by atoms with Crippen LogP contribution in [0.5, 0.6) is 5.75 Å². The number of rotatable bonds is 5. The van der Waals surface area contributed by atoms with Crippen LogP contribution in [0.15, 0.2) is 12.1 Å². The second-order valence-electron chi connectivity index (χ2n) is 5.17. The highest BCUT2D eigenvalue weighted by Gasteiger charge is 2.21. The third kappa shape index (κ3) is 3.69. The second-order valence-corrected chi connectivity index (χ2v) is 5.17. The number of hydrogen-bond acceptors (Lipinski definition) is 1. The van der Waals surface area contributed by atoms with Gasteiger partial charge in [0.2, 0.25) is 0 Å². The van der Waals surface area contributed by atoms with E-state index in [1.807, 2.05) is 0 Å². The second kappa shape index (κ2) is 5.48. The van der Waals surface area contributed by atoms with E-state index in [0.717, 1.165) is 24.5 Å². The first-order valence-electron chi connectivity index (χ1n) is 5.91. The predicted molar refractivity (Wildman–Crippen MR) is 65.3 cm³/mol. The van der Waals surface area contributed by atoms with E-state index in [1.54, 1.807) is 0 Å². The van der Waals surface area contributed by atoms with Crippen molar-refractivity contribution in [3.63, 3.8) is 0 Å². The Labute approximate surface area is 102 Å². The van der Waals surface area contributed by atoms with E-state index in [1.165, 1.54) is 13.2 Å². The summed E-state index contributed by atoms with van der Waals surface area (Å²) in [4.78, 5) is 0.